The minimum atomic E-state index is -0.414. The molecule has 1 saturated heterocycles. The van der Waals surface area contributed by atoms with Crippen LogP contribution in [0.15, 0.2) is 27.4 Å². The number of aromatic nitrogens is 3. The van der Waals surface area contributed by atoms with Crippen molar-refractivity contribution < 1.29 is 9.21 Å². The molecule has 1 amide bonds. The van der Waals surface area contributed by atoms with Crippen molar-refractivity contribution in [3.8, 4) is 0 Å². The molecule has 8 heteroatoms. The van der Waals surface area contributed by atoms with Crippen LogP contribution in [0.3, 0.4) is 0 Å². The van der Waals surface area contributed by atoms with Gasteiger partial charge in [0.15, 0.2) is 5.58 Å². The van der Waals surface area contributed by atoms with E-state index in [-0.39, 0.29) is 11.9 Å². The predicted molar refractivity (Wildman–Crippen MR) is 107 cm³/mol. The molecule has 0 unspecified atom stereocenters. The molecule has 7 nitrogen and oxygen atoms in total. The summed E-state index contributed by atoms with van der Waals surface area (Å²) in [6, 6.07) is 4.99. The van der Waals surface area contributed by atoms with Gasteiger partial charge >= 0.3 is 5.76 Å². The zero-order valence-corrected chi connectivity index (χ0v) is 17.0. The number of hydrogen-bond donors (Lipinski definition) is 0. The van der Waals surface area contributed by atoms with Gasteiger partial charge in [-0.05, 0) is 51.8 Å². The summed E-state index contributed by atoms with van der Waals surface area (Å²) in [5, 5.41) is 5.01. The molecule has 1 atom stereocenters. The van der Waals surface area contributed by atoms with E-state index < -0.39 is 5.76 Å². The second-order valence-electron chi connectivity index (χ2n) is 7.26. The molecule has 2 aromatic heterocycles. The topological polar surface area (TPSA) is 73.3 Å². The first kappa shape index (κ1) is 18.8. The van der Waals surface area contributed by atoms with Gasteiger partial charge in [-0.25, -0.2) is 4.79 Å². The Balaban J connectivity index is 1.67. The third-order valence-corrected chi connectivity index (χ3v) is 5.75. The third kappa shape index (κ3) is 3.03. The van der Waals surface area contributed by atoms with Gasteiger partial charge < -0.3 is 9.32 Å². The molecule has 0 saturated carbocycles. The Morgan fingerprint density at radius 1 is 1.36 bits per heavy atom. The summed E-state index contributed by atoms with van der Waals surface area (Å²) in [6.45, 7) is 7.64. The molecule has 1 fully saturated rings. The van der Waals surface area contributed by atoms with Crippen molar-refractivity contribution in [1.82, 2.24) is 19.2 Å². The molecule has 0 bridgehead atoms. The zero-order valence-electron chi connectivity index (χ0n) is 16.2. The van der Waals surface area contributed by atoms with Crippen LogP contribution in [0.1, 0.15) is 47.6 Å². The Morgan fingerprint density at radius 2 is 2.14 bits per heavy atom. The third-order valence-electron chi connectivity index (χ3n) is 5.52. The second kappa shape index (κ2) is 7.13. The molecule has 4 rings (SSSR count). The van der Waals surface area contributed by atoms with Crippen molar-refractivity contribution in [2.45, 2.75) is 46.2 Å². The summed E-state index contributed by atoms with van der Waals surface area (Å²) in [5.41, 5.74) is 3.46. The van der Waals surface area contributed by atoms with Crippen LogP contribution in [0.4, 0.5) is 0 Å². The lowest BCUT2D eigenvalue weighted by Gasteiger charge is -2.33. The maximum absolute atomic E-state index is 13.2. The number of halogens is 1. The van der Waals surface area contributed by atoms with Gasteiger partial charge in [-0.15, -0.1) is 0 Å². The molecule has 1 aromatic carbocycles. The Morgan fingerprint density at radius 3 is 2.86 bits per heavy atom. The van der Waals surface area contributed by atoms with Gasteiger partial charge in [-0.1, -0.05) is 11.6 Å². The van der Waals surface area contributed by atoms with E-state index in [2.05, 4.69) is 5.10 Å². The minimum absolute atomic E-state index is 0.0294. The number of likely N-dealkylation sites (tertiary alicyclic amines) is 1. The van der Waals surface area contributed by atoms with Crippen LogP contribution in [0.2, 0.25) is 5.02 Å². The van der Waals surface area contributed by atoms with Crippen molar-refractivity contribution in [1.29, 1.82) is 0 Å². The molecule has 3 aromatic rings. The molecule has 28 heavy (non-hydrogen) atoms. The van der Waals surface area contributed by atoms with Crippen LogP contribution in [-0.4, -0.2) is 38.2 Å². The number of fused-ring (bicyclic) bond motifs is 1. The molecule has 1 aliphatic heterocycles. The maximum Gasteiger partial charge on any atom is 0.420 e. The lowest BCUT2D eigenvalue weighted by atomic mass is 10.0. The SMILES string of the molecule is CCn1nc(C)c(C(=O)N2CCC[C@@H](n3c(=O)oc4ccc(Cl)cc43)C2)c1C. The van der Waals surface area contributed by atoms with Crippen molar-refractivity contribution in [3.63, 3.8) is 0 Å². The summed E-state index contributed by atoms with van der Waals surface area (Å²) < 4.78 is 8.86. The fourth-order valence-corrected chi connectivity index (χ4v) is 4.34. The van der Waals surface area contributed by atoms with E-state index >= 15 is 0 Å². The predicted octanol–water partition coefficient (Wildman–Crippen LogP) is 3.56. The molecular weight excluding hydrogens is 380 g/mol. The molecule has 3 heterocycles. The number of oxazole rings is 1. The molecule has 0 aliphatic carbocycles. The number of aryl methyl sites for hydroxylation is 2. The Kier molecular flexibility index (Phi) is 4.79. The summed E-state index contributed by atoms with van der Waals surface area (Å²) in [6.07, 6.45) is 1.62. The highest BCUT2D eigenvalue weighted by molar-refractivity contribution is 6.31. The largest absolute Gasteiger partial charge is 0.420 e. The smallest absolute Gasteiger partial charge is 0.408 e. The van der Waals surface area contributed by atoms with Crippen LogP contribution in [0.25, 0.3) is 11.1 Å². The first-order chi connectivity index (χ1) is 13.4. The van der Waals surface area contributed by atoms with Gasteiger partial charge in [0.2, 0.25) is 0 Å². The Hall–Kier alpha value is -2.54. The number of hydrogen-bond acceptors (Lipinski definition) is 4. The molecule has 0 spiro atoms. The van der Waals surface area contributed by atoms with Crippen molar-refractivity contribution >= 4 is 28.6 Å². The fourth-order valence-electron chi connectivity index (χ4n) is 4.17. The summed E-state index contributed by atoms with van der Waals surface area (Å²) in [7, 11) is 0. The van der Waals surface area contributed by atoms with Crippen LogP contribution >= 0.6 is 11.6 Å². The number of carbonyl (C=O) groups excluding carboxylic acids is 1. The molecule has 1 aliphatic rings. The van der Waals surface area contributed by atoms with Crippen molar-refractivity contribution in [2.75, 3.05) is 13.1 Å². The van der Waals surface area contributed by atoms with Gasteiger partial charge in [0, 0.05) is 30.4 Å². The average molecular weight is 403 g/mol. The van der Waals surface area contributed by atoms with E-state index in [9.17, 15) is 9.59 Å². The average Bonchev–Trinajstić information content (AvgIpc) is 3.15. The normalized spacial score (nSPS) is 17.4. The second-order valence-corrected chi connectivity index (χ2v) is 7.70. The van der Waals surface area contributed by atoms with Crippen LogP contribution in [0.5, 0.6) is 0 Å². The van der Waals surface area contributed by atoms with E-state index in [1.165, 1.54) is 0 Å². The van der Waals surface area contributed by atoms with Gasteiger partial charge in [0.1, 0.15) is 0 Å². The first-order valence-electron chi connectivity index (χ1n) is 9.54. The van der Waals surface area contributed by atoms with Crippen LogP contribution in [-0.2, 0) is 6.54 Å². The van der Waals surface area contributed by atoms with Crippen molar-refractivity contribution in [2.24, 2.45) is 0 Å². The van der Waals surface area contributed by atoms with E-state index in [1.807, 2.05) is 30.4 Å². The first-order valence-corrected chi connectivity index (χ1v) is 9.92. The van der Waals surface area contributed by atoms with Crippen LogP contribution < -0.4 is 5.76 Å². The van der Waals surface area contributed by atoms with E-state index in [4.69, 9.17) is 16.0 Å². The summed E-state index contributed by atoms with van der Waals surface area (Å²) in [5.74, 6) is -0.444. The van der Waals surface area contributed by atoms with Gasteiger partial charge in [0.05, 0.1) is 22.8 Å². The van der Waals surface area contributed by atoms with Gasteiger partial charge in [-0.2, -0.15) is 5.10 Å². The van der Waals surface area contributed by atoms with Gasteiger partial charge in [-0.3, -0.25) is 14.0 Å². The van der Waals surface area contributed by atoms with E-state index in [1.54, 1.807) is 22.8 Å². The monoisotopic (exact) mass is 402 g/mol. The summed E-state index contributed by atoms with van der Waals surface area (Å²) >= 11 is 6.12. The highest BCUT2D eigenvalue weighted by Crippen LogP contribution is 2.28. The lowest BCUT2D eigenvalue weighted by molar-refractivity contribution is 0.0676. The van der Waals surface area contributed by atoms with Gasteiger partial charge in [0.25, 0.3) is 5.91 Å². The number of carbonyl (C=O) groups is 1. The number of piperidine rings is 1. The van der Waals surface area contributed by atoms with Crippen molar-refractivity contribution in [3.05, 3.63) is 50.7 Å². The Bertz CT molecular complexity index is 1110. The standard InChI is InChI=1S/C20H23ClN4O3/c1-4-24-13(3)18(12(2)22-24)19(26)23-9-5-6-15(11-23)25-16-10-14(21)7-8-17(16)28-20(25)27/h7-8,10,15H,4-6,9,11H2,1-3H3/t15-/m1/s1. The maximum atomic E-state index is 13.2. The number of amides is 1. The summed E-state index contributed by atoms with van der Waals surface area (Å²) in [4.78, 5) is 27.5. The zero-order chi connectivity index (χ0) is 20.0. The molecule has 148 valence electrons. The molecular formula is C20H23ClN4O3. The number of rotatable bonds is 3. The highest BCUT2D eigenvalue weighted by atomic mass is 35.5. The highest BCUT2D eigenvalue weighted by Gasteiger charge is 2.30. The van der Waals surface area contributed by atoms with E-state index in [0.717, 1.165) is 30.8 Å². The number of benzene rings is 1. The number of nitrogens with zero attached hydrogens (tertiary/aromatic N) is 4. The quantitative estimate of drug-likeness (QED) is 0.671. The lowest BCUT2D eigenvalue weighted by Crippen LogP contribution is -2.42. The fraction of sp³-hybridized carbons (Fsp3) is 0.450. The minimum Gasteiger partial charge on any atom is -0.408 e. The van der Waals surface area contributed by atoms with E-state index in [0.29, 0.717) is 34.8 Å². The molecule has 0 N–H and O–H groups in total. The molecule has 0 radical (unpaired) electrons. The Labute approximate surface area is 167 Å². The van der Waals surface area contributed by atoms with Crippen LogP contribution in [0, 0.1) is 13.8 Å².